The van der Waals surface area contributed by atoms with E-state index in [0.29, 0.717) is 11.6 Å². The van der Waals surface area contributed by atoms with E-state index in [9.17, 15) is 4.79 Å². The first-order valence-electron chi connectivity index (χ1n) is 9.59. The normalized spacial score (nSPS) is 13.2. The number of aliphatic imine (C=N–C) groups is 1. The molecule has 150 valence electrons. The topological polar surface area (TPSA) is 38.7 Å². The van der Waals surface area contributed by atoms with E-state index >= 15 is 0 Å². The van der Waals surface area contributed by atoms with Gasteiger partial charge in [0.2, 0.25) is 5.90 Å². The second-order valence-electron chi connectivity index (χ2n) is 7.14. The van der Waals surface area contributed by atoms with Gasteiger partial charge in [-0.1, -0.05) is 76.6 Å². The van der Waals surface area contributed by atoms with Crippen LogP contribution in [0.5, 0.6) is 0 Å². The van der Waals surface area contributed by atoms with Crippen molar-refractivity contribution in [2.45, 2.75) is 30.6 Å². The van der Waals surface area contributed by atoms with E-state index in [0.717, 1.165) is 25.2 Å². The summed E-state index contributed by atoms with van der Waals surface area (Å²) in [6, 6.07) is 24.3. The minimum Gasteiger partial charge on any atom is -0.402 e. The fraction of sp³-hybridized carbons (Fsp3) is 0.120. The van der Waals surface area contributed by atoms with Crippen LogP contribution in [0.4, 0.5) is 0 Å². The third-order valence-corrected chi connectivity index (χ3v) is 6.82. The zero-order valence-electron chi connectivity index (χ0n) is 17.0. The second-order valence-corrected chi connectivity index (χ2v) is 9.56. The van der Waals surface area contributed by atoms with Gasteiger partial charge in [0.1, 0.15) is 0 Å². The molecule has 0 aliphatic carbocycles. The molecule has 0 saturated heterocycles. The molecule has 30 heavy (non-hydrogen) atoms. The number of carbonyl (C=O) groups excluding carboxylic acids is 1. The number of hydrogen-bond acceptors (Lipinski definition) is 5. The summed E-state index contributed by atoms with van der Waals surface area (Å²) in [6.07, 6.45) is 0. The van der Waals surface area contributed by atoms with Gasteiger partial charge in [0.15, 0.2) is 5.70 Å². The van der Waals surface area contributed by atoms with Crippen LogP contribution >= 0.6 is 23.5 Å². The number of cyclic esters (lactones) is 1. The van der Waals surface area contributed by atoms with Crippen LogP contribution < -0.4 is 0 Å². The molecule has 0 bridgehead atoms. The predicted octanol–water partition coefficient (Wildman–Crippen LogP) is 6.67. The van der Waals surface area contributed by atoms with Crippen LogP contribution in [0.3, 0.4) is 0 Å². The molecule has 0 unspecified atom stereocenters. The molecular weight excluding hydrogens is 410 g/mol. The quantitative estimate of drug-likeness (QED) is 0.257. The molecule has 0 spiro atoms. The van der Waals surface area contributed by atoms with Gasteiger partial charge in [-0.3, -0.25) is 0 Å². The van der Waals surface area contributed by atoms with Gasteiger partial charge in [0.25, 0.3) is 0 Å². The van der Waals surface area contributed by atoms with Crippen molar-refractivity contribution in [3.63, 3.8) is 0 Å². The van der Waals surface area contributed by atoms with Crippen molar-refractivity contribution in [2.75, 3.05) is 0 Å². The van der Waals surface area contributed by atoms with Crippen molar-refractivity contribution in [3.05, 3.63) is 105 Å². The van der Waals surface area contributed by atoms with Gasteiger partial charge in [-0.25, -0.2) is 9.79 Å². The highest BCUT2D eigenvalue weighted by atomic mass is 32.2. The van der Waals surface area contributed by atoms with Gasteiger partial charge >= 0.3 is 5.97 Å². The zero-order valence-corrected chi connectivity index (χ0v) is 18.6. The minimum absolute atomic E-state index is 0.349. The molecular formula is C25H21NO2S2. The lowest BCUT2D eigenvalue weighted by atomic mass is 10.1. The Bertz CT molecular complexity index is 1080. The molecule has 1 heterocycles. The lowest BCUT2D eigenvalue weighted by Gasteiger charge is -2.09. The number of esters is 1. The highest BCUT2D eigenvalue weighted by molar-refractivity contribution is 8.22. The van der Waals surface area contributed by atoms with Crippen LogP contribution in [-0.2, 0) is 9.53 Å². The Morgan fingerprint density at radius 3 is 1.60 bits per heavy atom. The Balaban J connectivity index is 1.73. The third kappa shape index (κ3) is 4.86. The fourth-order valence-corrected chi connectivity index (χ4v) is 4.97. The predicted molar refractivity (Wildman–Crippen MR) is 125 cm³/mol. The van der Waals surface area contributed by atoms with Crippen molar-refractivity contribution in [3.8, 4) is 0 Å². The molecule has 0 aromatic heterocycles. The first-order chi connectivity index (χ1) is 14.5. The lowest BCUT2D eigenvalue weighted by Crippen LogP contribution is -2.05. The van der Waals surface area contributed by atoms with Gasteiger partial charge in [-0.15, -0.1) is 0 Å². The van der Waals surface area contributed by atoms with Crippen LogP contribution in [0, 0.1) is 20.8 Å². The van der Waals surface area contributed by atoms with Crippen molar-refractivity contribution < 1.29 is 9.53 Å². The maximum Gasteiger partial charge on any atom is 0.365 e. The Morgan fingerprint density at radius 1 is 0.700 bits per heavy atom. The number of ether oxygens (including phenoxy) is 1. The molecule has 0 amide bonds. The summed E-state index contributed by atoms with van der Waals surface area (Å²) in [6.45, 7) is 6.13. The summed E-state index contributed by atoms with van der Waals surface area (Å²) in [4.78, 5) is 19.4. The summed E-state index contributed by atoms with van der Waals surface area (Å²) in [7, 11) is 0. The highest BCUT2D eigenvalue weighted by Gasteiger charge is 2.28. The monoisotopic (exact) mass is 431 g/mol. The summed E-state index contributed by atoms with van der Waals surface area (Å²) < 4.78 is 6.32. The van der Waals surface area contributed by atoms with Crippen molar-refractivity contribution in [2.24, 2.45) is 4.99 Å². The molecule has 0 atom stereocenters. The van der Waals surface area contributed by atoms with Crippen LogP contribution in [0.1, 0.15) is 22.3 Å². The number of nitrogens with zero attached hydrogens (tertiary/aromatic N) is 1. The molecule has 0 radical (unpaired) electrons. The van der Waals surface area contributed by atoms with Crippen molar-refractivity contribution >= 4 is 35.4 Å². The lowest BCUT2D eigenvalue weighted by molar-refractivity contribution is -0.130. The Morgan fingerprint density at radius 2 is 1.13 bits per heavy atom. The number of carbonyl (C=O) groups is 1. The van der Waals surface area contributed by atoms with Gasteiger partial charge < -0.3 is 4.74 Å². The average Bonchev–Trinajstić information content (AvgIpc) is 3.13. The molecule has 3 aromatic rings. The Labute approximate surface area is 185 Å². The largest absolute Gasteiger partial charge is 0.402 e. The summed E-state index contributed by atoms with van der Waals surface area (Å²) in [5.41, 5.74) is 4.68. The number of benzene rings is 3. The number of aryl methyl sites for hydroxylation is 3. The molecule has 0 fully saturated rings. The van der Waals surface area contributed by atoms with Crippen LogP contribution in [-0.4, -0.2) is 11.9 Å². The molecule has 3 nitrogen and oxygen atoms in total. The third-order valence-electron chi connectivity index (χ3n) is 4.55. The summed E-state index contributed by atoms with van der Waals surface area (Å²) in [5, 5.41) is 0. The first kappa shape index (κ1) is 20.5. The highest BCUT2D eigenvalue weighted by Crippen LogP contribution is 2.43. The van der Waals surface area contributed by atoms with E-state index < -0.39 is 5.97 Å². The average molecular weight is 432 g/mol. The standard InChI is InChI=1S/C25H21NO2S2/c1-16-4-10-19(11-5-16)23-26-22(24(27)28-23)25(29-20-12-6-17(2)7-13-20)30-21-14-8-18(3)9-15-21/h4-15H,1-3H3. The molecule has 5 heteroatoms. The zero-order chi connectivity index (χ0) is 21.1. The molecule has 0 saturated carbocycles. The maximum atomic E-state index is 12.7. The maximum absolute atomic E-state index is 12.7. The number of hydrogen-bond donors (Lipinski definition) is 0. The second kappa shape index (κ2) is 8.94. The fourth-order valence-electron chi connectivity index (χ4n) is 2.80. The van der Waals surface area contributed by atoms with E-state index in [1.54, 1.807) is 0 Å². The Kier molecular flexibility index (Phi) is 6.11. The molecule has 0 N–H and O–H groups in total. The van der Waals surface area contributed by atoms with Gasteiger partial charge in [-0.2, -0.15) is 0 Å². The Hall–Kier alpha value is -2.76. The van der Waals surface area contributed by atoms with Crippen LogP contribution in [0.2, 0.25) is 0 Å². The van der Waals surface area contributed by atoms with E-state index in [2.05, 4.69) is 67.4 Å². The van der Waals surface area contributed by atoms with Crippen LogP contribution in [0.15, 0.2) is 97.5 Å². The SMILES string of the molecule is Cc1ccc(SC(Sc2ccc(C)cc2)=C2N=C(c3ccc(C)cc3)OC2=O)cc1. The van der Waals surface area contributed by atoms with E-state index in [1.165, 1.54) is 34.7 Å². The smallest absolute Gasteiger partial charge is 0.365 e. The first-order valence-corrected chi connectivity index (χ1v) is 11.2. The van der Waals surface area contributed by atoms with E-state index in [-0.39, 0.29) is 0 Å². The minimum atomic E-state index is -0.417. The molecule has 1 aliphatic heterocycles. The van der Waals surface area contributed by atoms with E-state index in [1.807, 2.05) is 31.2 Å². The number of rotatable bonds is 5. The summed E-state index contributed by atoms with van der Waals surface area (Å²) in [5.74, 6) is -0.0682. The molecule has 4 rings (SSSR count). The number of thioether (sulfide) groups is 2. The van der Waals surface area contributed by atoms with Gasteiger partial charge in [0.05, 0.1) is 4.24 Å². The van der Waals surface area contributed by atoms with Gasteiger partial charge in [0, 0.05) is 15.4 Å². The molecule has 1 aliphatic rings. The summed E-state index contributed by atoms with van der Waals surface area (Å²) >= 11 is 3.06. The van der Waals surface area contributed by atoms with Crippen molar-refractivity contribution in [1.82, 2.24) is 0 Å². The van der Waals surface area contributed by atoms with E-state index in [4.69, 9.17) is 4.74 Å². The van der Waals surface area contributed by atoms with Crippen LogP contribution in [0.25, 0.3) is 0 Å². The van der Waals surface area contributed by atoms with Crippen molar-refractivity contribution in [1.29, 1.82) is 0 Å². The van der Waals surface area contributed by atoms with Gasteiger partial charge in [-0.05, 0) is 57.2 Å². The molecule has 3 aromatic carbocycles.